The van der Waals surface area contributed by atoms with E-state index in [1.165, 1.54) is 12.8 Å². The molecule has 0 radical (unpaired) electrons. The molecule has 1 aliphatic carbocycles. The van der Waals surface area contributed by atoms with E-state index < -0.39 is 0 Å². The summed E-state index contributed by atoms with van der Waals surface area (Å²) in [6.07, 6.45) is 11.0. The predicted octanol–water partition coefficient (Wildman–Crippen LogP) is 6.79. The second kappa shape index (κ2) is 17.0. The Bertz CT molecular complexity index is 428. The van der Waals surface area contributed by atoms with Gasteiger partial charge in [-0.2, -0.15) is 0 Å². The minimum Gasteiger partial charge on any atom is -0.393 e. The van der Waals surface area contributed by atoms with Gasteiger partial charge < -0.3 is 14.6 Å². The first-order valence-corrected chi connectivity index (χ1v) is 10.5. The smallest absolute Gasteiger partial charge is 0.147 e. The molecule has 0 spiro atoms. The summed E-state index contributed by atoms with van der Waals surface area (Å²) in [5.74, 6) is 3.01. The summed E-state index contributed by atoms with van der Waals surface area (Å²) in [5, 5.41) is 8.79. The molecular formula is C25H48O3. The van der Waals surface area contributed by atoms with Crippen molar-refractivity contribution in [1.82, 2.24) is 0 Å². The largest absolute Gasteiger partial charge is 0.393 e. The van der Waals surface area contributed by atoms with Crippen LogP contribution in [-0.4, -0.2) is 31.2 Å². The Morgan fingerprint density at radius 2 is 1.96 bits per heavy atom. The summed E-state index contributed by atoms with van der Waals surface area (Å²) < 4.78 is 10.6. The van der Waals surface area contributed by atoms with Gasteiger partial charge in [0.15, 0.2) is 0 Å². The number of aliphatic hydroxyl groups is 1. The molecule has 1 N–H and O–H groups in total. The maximum Gasteiger partial charge on any atom is 0.147 e. The quantitative estimate of drug-likeness (QED) is 0.309. The van der Waals surface area contributed by atoms with Crippen molar-refractivity contribution in [3.8, 4) is 0 Å². The van der Waals surface area contributed by atoms with Gasteiger partial charge in [0, 0.05) is 7.11 Å². The molecule has 0 heterocycles. The summed E-state index contributed by atoms with van der Waals surface area (Å²) >= 11 is 0. The molecule has 166 valence electrons. The Labute approximate surface area is 175 Å². The molecule has 0 amide bonds. The molecule has 3 nitrogen and oxygen atoms in total. The lowest BCUT2D eigenvalue weighted by atomic mass is 9.67. The summed E-state index contributed by atoms with van der Waals surface area (Å²) in [6, 6.07) is 0. The number of hydrogen-bond donors (Lipinski definition) is 1. The number of hydrogen-bond acceptors (Lipinski definition) is 3. The molecule has 0 bridgehead atoms. The SMILES string of the molecule is C.C=CCC(O)CC.C=C[C@@H](CC[C@H]1C(C)=CCC(C(C)C)C1C)OCOC. The average Bonchev–Trinajstić information content (AvgIpc) is 2.64. The van der Waals surface area contributed by atoms with Crippen molar-refractivity contribution in [3.05, 3.63) is 37.0 Å². The molecule has 3 heteroatoms. The molecule has 0 fully saturated rings. The van der Waals surface area contributed by atoms with Gasteiger partial charge in [0.1, 0.15) is 6.79 Å². The average molecular weight is 397 g/mol. The van der Waals surface area contributed by atoms with Gasteiger partial charge >= 0.3 is 0 Å². The first kappa shape index (κ1) is 29.3. The molecule has 0 saturated heterocycles. The van der Waals surface area contributed by atoms with Gasteiger partial charge in [0.25, 0.3) is 0 Å². The standard InChI is InChI=1S/C18H32O2.C6H12O.CH4/c1-7-16(20-12-19-6)9-11-18-14(4)8-10-17(13(2)3)15(18)5;1-3-5-6(7)4-2;/h7-8,13,15-18H,1,9-12H2,2-6H3;3,6-7H,1,4-5H2,2H3;1H4/t15?,16-,17?,18-;;/m0../s1. The lowest BCUT2D eigenvalue weighted by Gasteiger charge is -2.38. The van der Waals surface area contributed by atoms with Crippen molar-refractivity contribution in [2.75, 3.05) is 13.9 Å². The predicted molar refractivity (Wildman–Crippen MR) is 123 cm³/mol. The molecule has 0 aromatic heterocycles. The molecule has 0 aliphatic heterocycles. The number of aliphatic hydroxyl groups excluding tert-OH is 1. The Balaban J connectivity index is 0. The Hall–Kier alpha value is -0.900. The molecule has 1 rings (SSSR count). The number of methoxy groups -OCH3 is 1. The monoisotopic (exact) mass is 396 g/mol. The van der Waals surface area contributed by atoms with E-state index in [0.29, 0.717) is 12.7 Å². The first-order chi connectivity index (χ1) is 12.8. The zero-order chi connectivity index (χ0) is 20.8. The highest BCUT2D eigenvalue weighted by molar-refractivity contribution is 5.11. The van der Waals surface area contributed by atoms with E-state index >= 15 is 0 Å². The molecule has 0 aromatic carbocycles. The van der Waals surface area contributed by atoms with Crippen LogP contribution in [0.25, 0.3) is 0 Å². The first-order valence-electron chi connectivity index (χ1n) is 10.5. The fourth-order valence-electron chi connectivity index (χ4n) is 3.90. The van der Waals surface area contributed by atoms with Gasteiger partial charge in [0.05, 0.1) is 12.2 Å². The van der Waals surface area contributed by atoms with Gasteiger partial charge in [0.2, 0.25) is 0 Å². The van der Waals surface area contributed by atoms with E-state index in [1.807, 2.05) is 13.0 Å². The lowest BCUT2D eigenvalue weighted by molar-refractivity contribution is -0.0592. The second-order valence-electron chi connectivity index (χ2n) is 8.07. The molecular weight excluding hydrogens is 348 g/mol. The topological polar surface area (TPSA) is 38.7 Å². The Morgan fingerprint density at radius 1 is 1.32 bits per heavy atom. The van der Waals surface area contributed by atoms with Crippen molar-refractivity contribution in [2.45, 2.75) is 86.4 Å². The zero-order valence-electron chi connectivity index (χ0n) is 18.6. The normalized spacial score (nSPS) is 23.6. The number of allylic oxidation sites excluding steroid dienone is 2. The highest BCUT2D eigenvalue weighted by Crippen LogP contribution is 2.40. The Kier molecular flexibility index (Phi) is 17.8. The van der Waals surface area contributed by atoms with Crippen LogP contribution in [0, 0.1) is 23.7 Å². The van der Waals surface area contributed by atoms with Crippen LogP contribution in [0.4, 0.5) is 0 Å². The lowest BCUT2D eigenvalue weighted by Crippen LogP contribution is -2.29. The zero-order valence-corrected chi connectivity index (χ0v) is 18.6. The maximum atomic E-state index is 8.79. The van der Waals surface area contributed by atoms with E-state index in [9.17, 15) is 0 Å². The summed E-state index contributed by atoms with van der Waals surface area (Å²) in [5.41, 5.74) is 1.56. The highest BCUT2D eigenvalue weighted by Gasteiger charge is 2.31. The van der Waals surface area contributed by atoms with E-state index in [1.54, 1.807) is 18.8 Å². The number of rotatable bonds is 11. The number of ether oxygens (including phenoxy) is 2. The third kappa shape index (κ3) is 11.2. The van der Waals surface area contributed by atoms with Crippen molar-refractivity contribution in [3.63, 3.8) is 0 Å². The van der Waals surface area contributed by atoms with Crippen LogP contribution in [0.2, 0.25) is 0 Å². The van der Waals surface area contributed by atoms with Crippen molar-refractivity contribution >= 4 is 0 Å². The third-order valence-electron chi connectivity index (χ3n) is 5.80. The highest BCUT2D eigenvalue weighted by atomic mass is 16.7. The van der Waals surface area contributed by atoms with Crippen LogP contribution in [0.3, 0.4) is 0 Å². The fraction of sp³-hybridized carbons (Fsp3) is 0.760. The molecule has 0 aromatic rings. The molecule has 5 atom stereocenters. The van der Waals surface area contributed by atoms with E-state index in [0.717, 1.165) is 37.0 Å². The van der Waals surface area contributed by atoms with Crippen LogP contribution >= 0.6 is 0 Å². The maximum absolute atomic E-state index is 8.79. The van der Waals surface area contributed by atoms with Gasteiger partial charge in [-0.3, -0.25) is 0 Å². The second-order valence-corrected chi connectivity index (χ2v) is 8.07. The van der Waals surface area contributed by atoms with Crippen LogP contribution in [0.5, 0.6) is 0 Å². The van der Waals surface area contributed by atoms with Crippen LogP contribution in [-0.2, 0) is 9.47 Å². The van der Waals surface area contributed by atoms with Gasteiger partial charge in [-0.25, -0.2) is 0 Å². The molecule has 1 aliphatic rings. The van der Waals surface area contributed by atoms with Gasteiger partial charge in [-0.05, 0) is 62.7 Å². The minimum absolute atomic E-state index is 0. The molecule has 0 saturated carbocycles. The third-order valence-corrected chi connectivity index (χ3v) is 5.80. The minimum atomic E-state index is -0.169. The van der Waals surface area contributed by atoms with Crippen LogP contribution < -0.4 is 0 Å². The van der Waals surface area contributed by atoms with E-state index in [4.69, 9.17) is 14.6 Å². The van der Waals surface area contributed by atoms with Crippen molar-refractivity contribution in [2.24, 2.45) is 23.7 Å². The van der Waals surface area contributed by atoms with Gasteiger partial charge in [-0.15, -0.1) is 13.2 Å². The van der Waals surface area contributed by atoms with Crippen molar-refractivity contribution < 1.29 is 14.6 Å². The summed E-state index contributed by atoms with van der Waals surface area (Å²) in [6.45, 7) is 19.1. The fourth-order valence-corrected chi connectivity index (χ4v) is 3.90. The molecule has 28 heavy (non-hydrogen) atoms. The Morgan fingerprint density at radius 3 is 2.39 bits per heavy atom. The van der Waals surface area contributed by atoms with Crippen LogP contribution in [0.15, 0.2) is 37.0 Å². The summed E-state index contributed by atoms with van der Waals surface area (Å²) in [7, 11) is 1.66. The van der Waals surface area contributed by atoms with Gasteiger partial charge in [-0.1, -0.05) is 58.9 Å². The van der Waals surface area contributed by atoms with E-state index in [-0.39, 0.29) is 19.6 Å². The molecule has 3 unspecified atom stereocenters. The van der Waals surface area contributed by atoms with Crippen LogP contribution in [0.1, 0.15) is 74.1 Å². The van der Waals surface area contributed by atoms with E-state index in [2.05, 4.69) is 46.9 Å². The summed E-state index contributed by atoms with van der Waals surface area (Å²) in [4.78, 5) is 0. The van der Waals surface area contributed by atoms with Crippen molar-refractivity contribution in [1.29, 1.82) is 0 Å².